The highest BCUT2D eigenvalue weighted by atomic mass is 19.2. The van der Waals surface area contributed by atoms with E-state index in [2.05, 4.69) is 10.3 Å². The Kier molecular flexibility index (Phi) is 3.31. The van der Waals surface area contributed by atoms with Gasteiger partial charge < -0.3 is 5.32 Å². The van der Waals surface area contributed by atoms with Gasteiger partial charge in [-0.05, 0) is 29.7 Å². The molecular weight excluding hydrogens is 274 g/mol. The third-order valence-corrected chi connectivity index (χ3v) is 3.11. The second kappa shape index (κ2) is 5.28. The Balaban J connectivity index is 1.95. The SMILES string of the molecule is O=C(Nc1ccc(F)c(F)c1)c1cccc2ccncc12. The topological polar surface area (TPSA) is 42.0 Å². The Hall–Kier alpha value is -2.82. The van der Waals surface area contributed by atoms with Crippen LogP contribution in [0.5, 0.6) is 0 Å². The molecule has 3 nitrogen and oxygen atoms in total. The zero-order chi connectivity index (χ0) is 14.8. The first-order valence-corrected chi connectivity index (χ1v) is 6.24. The average molecular weight is 284 g/mol. The fraction of sp³-hybridized carbons (Fsp3) is 0. The van der Waals surface area contributed by atoms with Crippen LogP contribution in [0.15, 0.2) is 54.9 Å². The Labute approximate surface area is 119 Å². The number of benzene rings is 2. The highest BCUT2D eigenvalue weighted by Crippen LogP contribution is 2.19. The number of rotatable bonds is 2. The molecule has 21 heavy (non-hydrogen) atoms. The van der Waals surface area contributed by atoms with Gasteiger partial charge in [0.15, 0.2) is 11.6 Å². The quantitative estimate of drug-likeness (QED) is 0.778. The fourth-order valence-corrected chi connectivity index (χ4v) is 2.08. The second-order valence-corrected chi connectivity index (χ2v) is 4.49. The summed E-state index contributed by atoms with van der Waals surface area (Å²) in [6.07, 6.45) is 3.23. The van der Waals surface area contributed by atoms with Crippen molar-refractivity contribution in [3.8, 4) is 0 Å². The van der Waals surface area contributed by atoms with Gasteiger partial charge in [0, 0.05) is 35.1 Å². The molecular formula is C16H10F2N2O. The molecule has 0 saturated heterocycles. The molecule has 0 unspecified atom stereocenters. The first kappa shape index (κ1) is 13.2. The molecule has 1 aromatic heterocycles. The van der Waals surface area contributed by atoms with Crippen molar-refractivity contribution in [3.05, 3.63) is 72.1 Å². The molecule has 1 heterocycles. The van der Waals surface area contributed by atoms with E-state index in [0.29, 0.717) is 10.9 Å². The molecule has 0 bridgehead atoms. The normalized spacial score (nSPS) is 10.6. The predicted molar refractivity (Wildman–Crippen MR) is 76.1 cm³/mol. The van der Waals surface area contributed by atoms with Gasteiger partial charge in [-0.25, -0.2) is 8.78 Å². The van der Waals surface area contributed by atoms with Gasteiger partial charge in [-0.3, -0.25) is 9.78 Å². The zero-order valence-corrected chi connectivity index (χ0v) is 10.8. The number of fused-ring (bicyclic) bond motifs is 1. The molecule has 0 aliphatic carbocycles. The van der Waals surface area contributed by atoms with Gasteiger partial charge in [0.25, 0.3) is 5.91 Å². The molecule has 0 atom stereocenters. The van der Waals surface area contributed by atoms with Crippen molar-refractivity contribution < 1.29 is 13.6 Å². The maximum atomic E-state index is 13.1. The summed E-state index contributed by atoms with van der Waals surface area (Å²) in [6.45, 7) is 0. The monoisotopic (exact) mass is 284 g/mol. The van der Waals surface area contributed by atoms with Crippen LogP contribution in [-0.2, 0) is 0 Å². The van der Waals surface area contributed by atoms with E-state index >= 15 is 0 Å². The van der Waals surface area contributed by atoms with Crippen molar-refractivity contribution in [2.75, 3.05) is 5.32 Å². The highest BCUT2D eigenvalue weighted by Gasteiger charge is 2.11. The number of nitrogens with zero attached hydrogens (tertiary/aromatic N) is 1. The summed E-state index contributed by atoms with van der Waals surface area (Å²) >= 11 is 0. The smallest absolute Gasteiger partial charge is 0.256 e. The van der Waals surface area contributed by atoms with E-state index in [4.69, 9.17) is 0 Å². The standard InChI is InChI=1S/C16H10F2N2O/c17-14-5-4-11(8-15(14)18)20-16(21)12-3-1-2-10-6-7-19-9-13(10)12/h1-9H,(H,20,21). The lowest BCUT2D eigenvalue weighted by Crippen LogP contribution is -2.12. The number of pyridine rings is 1. The van der Waals surface area contributed by atoms with Crippen LogP contribution in [0.3, 0.4) is 0 Å². The first-order chi connectivity index (χ1) is 10.1. The van der Waals surface area contributed by atoms with E-state index in [9.17, 15) is 13.6 Å². The lowest BCUT2D eigenvalue weighted by molar-refractivity contribution is 0.102. The van der Waals surface area contributed by atoms with Crippen molar-refractivity contribution in [2.45, 2.75) is 0 Å². The zero-order valence-electron chi connectivity index (χ0n) is 10.8. The van der Waals surface area contributed by atoms with Gasteiger partial charge in [-0.2, -0.15) is 0 Å². The molecule has 1 N–H and O–H groups in total. The maximum absolute atomic E-state index is 13.1. The van der Waals surface area contributed by atoms with Crippen molar-refractivity contribution in [1.82, 2.24) is 4.98 Å². The molecule has 2 aromatic carbocycles. The maximum Gasteiger partial charge on any atom is 0.256 e. The van der Waals surface area contributed by atoms with E-state index in [1.54, 1.807) is 30.6 Å². The minimum atomic E-state index is -1.01. The van der Waals surface area contributed by atoms with Crippen LogP contribution in [0.25, 0.3) is 10.8 Å². The molecule has 0 radical (unpaired) electrons. The van der Waals surface area contributed by atoms with E-state index in [1.807, 2.05) is 6.07 Å². The van der Waals surface area contributed by atoms with Crippen molar-refractivity contribution >= 4 is 22.4 Å². The number of amides is 1. The van der Waals surface area contributed by atoms with Gasteiger partial charge >= 0.3 is 0 Å². The van der Waals surface area contributed by atoms with Gasteiger partial charge in [0.2, 0.25) is 0 Å². The minimum absolute atomic E-state index is 0.194. The summed E-state index contributed by atoms with van der Waals surface area (Å²) in [5.74, 6) is -2.37. The first-order valence-electron chi connectivity index (χ1n) is 6.24. The third-order valence-electron chi connectivity index (χ3n) is 3.11. The van der Waals surface area contributed by atoms with E-state index in [-0.39, 0.29) is 5.69 Å². The summed E-state index contributed by atoms with van der Waals surface area (Å²) in [4.78, 5) is 16.3. The lowest BCUT2D eigenvalue weighted by Gasteiger charge is -2.08. The van der Waals surface area contributed by atoms with E-state index < -0.39 is 17.5 Å². The van der Waals surface area contributed by atoms with Crippen LogP contribution >= 0.6 is 0 Å². The highest BCUT2D eigenvalue weighted by molar-refractivity contribution is 6.12. The molecule has 104 valence electrons. The fourth-order valence-electron chi connectivity index (χ4n) is 2.08. The lowest BCUT2D eigenvalue weighted by atomic mass is 10.1. The van der Waals surface area contributed by atoms with Gasteiger partial charge in [0.05, 0.1) is 0 Å². The van der Waals surface area contributed by atoms with Crippen molar-refractivity contribution in [3.63, 3.8) is 0 Å². The van der Waals surface area contributed by atoms with Crippen LogP contribution in [-0.4, -0.2) is 10.9 Å². The predicted octanol–water partition coefficient (Wildman–Crippen LogP) is 3.77. The average Bonchev–Trinajstić information content (AvgIpc) is 2.50. The Bertz CT molecular complexity index is 828. The van der Waals surface area contributed by atoms with Crippen LogP contribution in [0.2, 0.25) is 0 Å². The van der Waals surface area contributed by atoms with Gasteiger partial charge in [-0.1, -0.05) is 12.1 Å². The number of hydrogen-bond donors (Lipinski definition) is 1. The molecule has 0 saturated carbocycles. The molecule has 0 fully saturated rings. The molecule has 5 heteroatoms. The van der Waals surface area contributed by atoms with Crippen LogP contribution in [0.4, 0.5) is 14.5 Å². The number of aromatic nitrogens is 1. The molecule has 0 spiro atoms. The van der Waals surface area contributed by atoms with E-state index in [1.165, 1.54) is 6.07 Å². The van der Waals surface area contributed by atoms with Crippen LogP contribution in [0.1, 0.15) is 10.4 Å². The minimum Gasteiger partial charge on any atom is -0.322 e. The number of nitrogens with one attached hydrogen (secondary N) is 1. The van der Waals surface area contributed by atoms with Crippen molar-refractivity contribution in [2.24, 2.45) is 0 Å². The Morgan fingerprint density at radius 3 is 2.71 bits per heavy atom. The van der Waals surface area contributed by atoms with Gasteiger partial charge in [-0.15, -0.1) is 0 Å². The van der Waals surface area contributed by atoms with E-state index in [0.717, 1.165) is 17.5 Å². The number of carbonyl (C=O) groups is 1. The summed E-state index contributed by atoms with van der Waals surface area (Å²) in [5, 5.41) is 4.12. The largest absolute Gasteiger partial charge is 0.322 e. The summed E-state index contributed by atoms with van der Waals surface area (Å²) in [7, 11) is 0. The number of halogens is 2. The van der Waals surface area contributed by atoms with Crippen LogP contribution < -0.4 is 5.32 Å². The second-order valence-electron chi connectivity index (χ2n) is 4.49. The number of anilines is 1. The van der Waals surface area contributed by atoms with Crippen molar-refractivity contribution in [1.29, 1.82) is 0 Å². The summed E-state index contributed by atoms with van der Waals surface area (Å²) in [6, 6.07) is 10.3. The molecule has 0 aliphatic heterocycles. The number of hydrogen-bond acceptors (Lipinski definition) is 2. The summed E-state index contributed by atoms with van der Waals surface area (Å²) < 4.78 is 26.0. The molecule has 0 aliphatic rings. The Morgan fingerprint density at radius 1 is 1.05 bits per heavy atom. The Morgan fingerprint density at radius 2 is 1.90 bits per heavy atom. The molecule has 3 aromatic rings. The third kappa shape index (κ3) is 2.58. The summed E-state index contributed by atoms with van der Waals surface area (Å²) in [5.41, 5.74) is 0.616. The number of carbonyl (C=O) groups excluding carboxylic acids is 1. The van der Waals surface area contributed by atoms with Gasteiger partial charge in [0.1, 0.15) is 0 Å². The molecule has 1 amide bonds. The van der Waals surface area contributed by atoms with Crippen LogP contribution in [0, 0.1) is 11.6 Å². The molecule has 3 rings (SSSR count).